The number of benzene rings is 2. The average Bonchev–Trinajstić information content (AvgIpc) is 2.96. The largest absolute Gasteiger partial charge is 0.493 e. The molecule has 0 fully saturated rings. The maximum absolute atomic E-state index is 12.6. The van der Waals surface area contributed by atoms with Crippen LogP contribution < -0.4 is 4.74 Å². The lowest BCUT2D eigenvalue weighted by molar-refractivity contribution is 0.103. The topological polar surface area (TPSA) is 35.5 Å². The molecule has 2 aromatic carbocycles. The third-order valence-corrected chi connectivity index (χ3v) is 4.10. The zero-order valence-corrected chi connectivity index (χ0v) is 13.3. The minimum absolute atomic E-state index is 0.00782. The Balaban J connectivity index is 1.90. The van der Waals surface area contributed by atoms with Gasteiger partial charge in [-0.3, -0.25) is 4.79 Å². The van der Waals surface area contributed by atoms with Crippen molar-refractivity contribution in [3.63, 3.8) is 0 Å². The predicted molar refractivity (Wildman–Crippen MR) is 83.7 cm³/mol. The van der Waals surface area contributed by atoms with Crippen LogP contribution in [0.4, 0.5) is 0 Å². The molecule has 0 amide bonds. The molecule has 1 aliphatic heterocycles. The van der Waals surface area contributed by atoms with E-state index in [1.807, 2.05) is 31.2 Å². The van der Waals surface area contributed by atoms with Gasteiger partial charge < -0.3 is 9.47 Å². The third kappa shape index (κ3) is 2.87. The fourth-order valence-electron chi connectivity index (χ4n) is 2.39. The van der Waals surface area contributed by atoms with E-state index in [0.29, 0.717) is 30.9 Å². The molecule has 0 aliphatic carbocycles. The van der Waals surface area contributed by atoms with Gasteiger partial charge >= 0.3 is 0 Å². The van der Waals surface area contributed by atoms with Crippen molar-refractivity contribution in [1.29, 1.82) is 0 Å². The van der Waals surface area contributed by atoms with E-state index in [4.69, 9.17) is 9.47 Å². The van der Waals surface area contributed by atoms with E-state index in [2.05, 4.69) is 15.9 Å². The average molecular weight is 347 g/mol. The first kappa shape index (κ1) is 14.3. The molecular formula is C17H15BrO3. The molecule has 21 heavy (non-hydrogen) atoms. The predicted octanol–water partition coefficient (Wildman–Crippen LogP) is 4.11. The van der Waals surface area contributed by atoms with E-state index in [1.165, 1.54) is 5.56 Å². The van der Waals surface area contributed by atoms with E-state index < -0.39 is 0 Å². The standard InChI is InChI=1S/C17H15BrO3/c1-2-21-16-6-5-12(8-15(16)18)17(19)11-3-4-13-9-20-10-14(13)7-11/h3-8H,2,9-10H2,1H3. The van der Waals surface area contributed by atoms with E-state index in [-0.39, 0.29) is 5.78 Å². The van der Waals surface area contributed by atoms with Gasteiger partial charge in [0.25, 0.3) is 0 Å². The van der Waals surface area contributed by atoms with Gasteiger partial charge in [0, 0.05) is 11.1 Å². The maximum Gasteiger partial charge on any atom is 0.193 e. The minimum atomic E-state index is 0.00782. The molecular weight excluding hydrogens is 332 g/mol. The first-order valence-corrected chi connectivity index (χ1v) is 7.65. The second kappa shape index (κ2) is 6.00. The molecule has 0 unspecified atom stereocenters. The summed E-state index contributed by atoms with van der Waals surface area (Å²) in [5.41, 5.74) is 3.60. The smallest absolute Gasteiger partial charge is 0.193 e. The zero-order chi connectivity index (χ0) is 14.8. The van der Waals surface area contributed by atoms with Crippen LogP contribution in [0.5, 0.6) is 5.75 Å². The van der Waals surface area contributed by atoms with Gasteiger partial charge in [-0.15, -0.1) is 0 Å². The van der Waals surface area contributed by atoms with Gasteiger partial charge in [-0.05, 0) is 58.2 Å². The number of ketones is 1. The molecule has 0 atom stereocenters. The second-order valence-electron chi connectivity index (χ2n) is 4.88. The quantitative estimate of drug-likeness (QED) is 0.781. The molecule has 0 aromatic heterocycles. The number of hydrogen-bond donors (Lipinski definition) is 0. The van der Waals surface area contributed by atoms with Crippen molar-refractivity contribution < 1.29 is 14.3 Å². The normalized spacial score (nSPS) is 13.0. The number of carbonyl (C=O) groups is 1. The van der Waals surface area contributed by atoms with E-state index in [0.717, 1.165) is 15.8 Å². The zero-order valence-electron chi connectivity index (χ0n) is 11.7. The summed E-state index contributed by atoms with van der Waals surface area (Å²) in [7, 11) is 0. The van der Waals surface area contributed by atoms with E-state index in [1.54, 1.807) is 12.1 Å². The van der Waals surface area contributed by atoms with Gasteiger partial charge in [-0.1, -0.05) is 12.1 Å². The highest BCUT2D eigenvalue weighted by atomic mass is 79.9. The molecule has 0 saturated carbocycles. The molecule has 0 bridgehead atoms. The van der Waals surface area contributed by atoms with Crippen LogP contribution in [-0.2, 0) is 18.0 Å². The molecule has 4 heteroatoms. The molecule has 3 rings (SSSR count). The Morgan fingerprint density at radius 3 is 2.62 bits per heavy atom. The summed E-state index contributed by atoms with van der Waals surface area (Å²) < 4.78 is 11.6. The van der Waals surface area contributed by atoms with Crippen molar-refractivity contribution in [2.75, 3.05) is 6.61 Å². The first-order chi connectivity index (χ1) is 10.2. The van der Waals surface area contributed by atoms with Crippen LogP contribution in [0, 0.1) is 0 Å². The van der Waals surface area contributed by atoms with Gasteiger partial charge in [0.15, 0.2) is 5.78 Å². The Kier molecular flexibility index (Phi) is 4.08. The maximum atomic E-state index is 12.6. The fourth-order valence-corrected chi connectivity index (χ4v) is 2.89. The monoisotopic (exact) mass is 346 g/mol. The Hall–Kier alpha value is -1.65. The first-order valence-electron chi connectivity index (χ1n) is 6.85. The highest BCUT2D eigenvalue weighted by Crippen LogP contribution is 2.28. The minimum Gasteiger partial charge on any atom is -0.493 e. The lowest BCUT2D eigenvalue weighted by atomic mass is 9.99. The Labute approximate surface area is 132 Å². The van der Waals surface area contributed by atoms with Crippen molar-refractivity contribution in [3.8, 4) is 5.75 Å². The SMILES string of the molecule is CCOc1ccc(C(=O)c2ccc3c(c2)COC3)cc1Br. The van der Waals surface area contributed by atoms with Crippen molar-refractivity contribution in [2.24, 2.45) is 0 Å². The summed E-state index contributed by atoms with van der Waals surface area (Å²) >= 11 is 3.44. The number of carbonyl (C=O) groups excluding carboxylic acids is 1. The fraction of sp³-hybridized carbons (Fsp3) is 0.235. The van der Waals surface area contributed by atoms with Crippen LogP contribution in [0.2, 0.25) is 0 Å². The summed E-state index contributed by atoms with van der Waals surface area (Å²) in [6.07, 6.45) is 0. The van der Waals surface area contributed by atoms with Crippen molar-refractivity contribution in [3.05, 3.63) is 63.1 Å². The summed E-state index contributed by atoms with van der Waals surface area (Å²) in [5, 5.41) is 0. The summed E-state index contributed by atoms with van der Waals surface area (Å²) in [6, 6.07) is 11.2. The van der Waals surface area contributed by atoms with Crippen LogP contribution in [0.1, 0.15) is 34.0 Å². The van der Waals surface area contributed by atoms with Crippen LogP contribution in [0.25, 0.3) is 0 Å². The van der Waals surface area contributed by atoms with Crippen LogP contribution >= 0.6 is 15.9 Å². The lowest BCUT2D eigenvalue weighted by Gasteiger charge is -2.08. The molecule has 2 aromatic rings. The molecule has 108 valence electrons. The molecule has 0 radical (unpaired) electrons. The van der Waals surface area contributed by atoms with Gasteiger partial charge in [-0.25, -0.2) is 0 Å². The van der Waals surface area contributed by atoms with Crippen molar-refractivity contribution in [2.45, 2.75) is 20.1 Å². The molecule has 0 N–H and O–H groups in total. The highest BCUT2D eigenvalue weighted by Gasteiger charge is 2.16. The molecule has 3 nitrogen and oxygen atoms in total. The number of fused-ring (bicyclic) bond motifs is 1. The highest BCUT2D eigenvalue weighted by molar-refractivity contribution is 9.10. The summed E-state index contributed by atoms with van der Waals surface area (Å²) in [6.45, 7) is 3.75. The van der Waals surface area contributed by atoms with Gasteiger partial charge in [0.1, 0.15) is 5.75 Å². The second-order valence-corrected chi connectivity index (χ2v) is 5.74. The van der Waals surface area contributed by atoms with Gasteiger partial charge in [0.05, 0.1) is 24.3 Å². The van der Waals surface area contributed by atoms with Crippen LogP contribution in [0.3, 0.4) is 0 Å². The summed E-state index contributed by atoms with van der Waals surface area (Å²) in [4.78, 5) is 12.6. The number of ether oxygens (including phenoxy) is 2. The van der Waals surface area contributed by atoms with Crippen molar-refractivity contribution >= 4 is 21.7 Å². The Morgan fingerprint density at radius 1 is 1.14 bits per heavy atom. The number of halogens is 1. The van der Waals surface area contributed by atoms with Crippen LogP contribution in [0.15, 0.2) is 40.9 Å². The number of rotatable bonds is 4. The Bertz CT molecular complexity index is 694. The van der Waals surface area contributed by atoms with Gasteiger partial charge in [-0.2, -0.15) is 0 Å². The molecule has 1 heterocycles. The summed E-state index contributed by atoms with van der Waals surface area (Å²) in [5.74, 6) is 0.754. The Morgan fingerprint density at radius 2 is 1.86 bits per heavy atom. The number of hydrogen-bond acceptors (Lipinski definition) is 3. The third-order valence-electron chi connectivity index (χ3n) is 3.48. The molecule has 0 spiro atoms. The van der Waals surface area contributed by atoms with E-state index >= 15 is 0 Å². The molecule has 0 saturated heterocycles. The molecule has 1 aliphatic rings. The van der Waals surface area contributed by atoms with Crippen LogP contribution in [-0.4, -0.2) is 12.4 Å². The van der Waals surface area contributed by atoms with E-state index in [9.17, 15) is 4.79 Å². The van der Waals surface area contributed by atoms with Crippen molar-refractivity contribution in [1.82, 2.24) is 0 Å². The lowest BCUT2D eigenvalue weighted by Crippen LogP contribution is -2.03. The van der Waals surface area contributed by atoms with Gasteiger partial charge in [0.2, 0.25) is 0 Å².